The number of esters is 1. The molecule has 1 fully saturated rings. The molecule has 1 aliphatic heterocycles. The molecule has 134 valence electrons. The lowest BCUT2D eigenvalue weighted by molar-refractivity contribution is -0.139. The van der Waals surface area contributed by atoms with Gasteiger partial charge in [-0.15, -0.1) is 11.3 Å². The number of fused-ring (bicyclic) bond motifs is 1. The molecule has 1 aromatic rings. The zero-order valence-electron chi connectivity index (χ0n) is 15.3. The van der Waals surface area contributed by atoms with E-state index in [0.717, 1.165) is 23.4 Å². The first-order chi connectivity index (χ1) is 11.8. The molecule has 25 heavy (non-hydrogen) atoms. The molecule has 3 rings (SSSR count). The summed E-state index contributed by atoms with van der Waals surface area (Å²) in [6.45, 7) is 8.42. The molecule has 0 unspecified atom stereocenters. The number of ether oxygens (including phenoxy) is 1. The molecule has 1 saturated carbocycles. The van der Waals surface area contributed by atoms with Crippen molar-refractivity contribution in [3.63, 3.8) is 0 Å². The SMILES string of the molecule is CCCOC(=O)C1=C(C)N=C2CC(C)(C)CC(=O)[C@H]2[C@H]1c1cccs1. The van der Waals surface area contributed by atoms with Gasteiger partial charge < -0.3 is 4.74 Å². The number of aliphatic imine (C=N–C) groups is 1. The van der Waals surface area contributed by atoms with Crippen LogP contribution in [-0.4, -0.2) is 24.1 Å². The normalized spacial score (nSPS) is 25.4. The van der Waals surface area contributed by atoms with Gasteiger partial charge >= 0.3 is 5.97 Å². The van der Waals surface area contributed by atoms with Gasteiger partial charge in [0.15, 0.2) is 0 Å². The summed E-state index contributed by atoms with van der Waals surface area (Å²) in [4.78, 5) is 31.4. The van der Waals surface area contributed by atoms with E-state index in [0.29, 0.717) is 24.3 Å². The smallest absolute Gasteiger partial charge is 0.336 e. The maximum atomic E-state index is 13.0. The van der Waals surface area contributed by atoms with E-state index in [1.54, 1.807) is 11.3 Å². The average Bonchev–Trinajstić information content (AvgIpc) is 3.04. The van der Waals surface area contributed by atoms with Crippen molar-refractivity contribution in [1.82, 2.24) is 0 Å². The minimum Gasteiger partial charge on any atom is -0.462 e. The van der Waals surface area contributed by atoms with Gasteiger partial charge in [-0.05, 0) is 36.6 Å². The number of hydrogen-bond donors (Lipinski definition) is 0. The zero-order valence-corrected chi connectivity index (χ0v) is 16.1. The first-order valence-corrected chi connectivity index (χ1v) is 9.73. The summed E-state index contributed by atoms with van der Waals surface area (Å²) < 4.78 is 5.41. The molecule has 0 radical (unpaired) electrons. The molecule has 0 bridgehead atoms. The number of thiophene rings is 1. The molecule has 0 aromatic carbocycles. The fraction of sp³-hybridized carbons (Fsp3) is 0.550. The maximum Gasteiger partial charge on any atom is 0.336 e. The van der Waals surface area contributed by atoms with Crippen LogP contribution >= 0.6 is 11.3 Å². The van der Waals surface area contributed by atoms with Gasteiger partial charge in [0.2, 0.25) is 0 Å². The van der Waals surface area contributed by atoms with Crippen molar-refractivity contribution in [1.29, 1.82) is 0 Å². The van der Waals surface area contributed by atoms with Crippen molar-refractivity contribution >= 4 is 28.8 Å². The third-order valence-corrected chi connectivity index (χ3v) is 5.83. The van der Waals surface area contributed by atoms with Crippen LogP contribution in [0.4, 0.5) is 0 Å². The van der Waals surface area contributed by atoms with Crippen LogP contribution in [-0.2, 0) is 14.3 Å². The molecule has 2 atom stereocenters. The molecule has 0 N–H and O–H groups in total. The largest absolute Gasteiger partial charge is 0.462 e. The Bertz CT molecular complexity index is 743. The highest BCUT2D eigenvalue weighted by molar-refractivity contribution is 7.10. The number of nitrogens with zero attached hydrogens (tertiary/aromatic N) is 1. The number of hydrogen-bond acceptors (Lipinski definition) is 5. The maximum absolute atomic E-state index is 13.0. The Morgan fingerprint density at radius 2 is 2.12 bits per heavy atom. The van der Waals surface area contributed by atoms with E-state index in [-0.39, 0.29) is 29.0 Å². The molecule has 2 aliphatic rings. The number of allylic oxidation sites excluding steroid dienone is 1. The third kappa shape index (κ3) is 3.47. The summed E-state index contributed by atoms with van der Waals surface area (Å²) in [5.41, 5.74) is 2.09. The molecule has 1 aromatic heterocycles. The Hall–Kier alpha value is -1.75. The van der Waals surface area contributed by atoms with Crippen LogP contribution in [0.3, 0.4) is 0 Å². The first kappa shape index (κ1) is 18.1. The Morgan fingerprint density at radius 1 is 1.36 bits per heavy atom. The van der Waals surface area contributed by atoms with Gasteiger partial charge in [-0.25, -0.2) is 4.79 Å². The van der Waals surface area contributed by atoms with Crippen LogP contribution in [0.1, 0.15) is 57.8 Å². The van der Waals surface area contributed by atoms with Crippen molar-refractivity contribution in [2.45, 2.75) is 52.9 Å². The van der Waals surface area contributed by atoms with Crippen molar-refractivity contribution in [3.05, 3.63) is 33.7 Å². The Balaban J connectivity index is 2.09. The molecular formula is C20H25NO3S. The van der Waals surface area contributed by atoms with Gasteiger partial charge in [0.05, 0.1) is 18.1 Å². The lowest BCUT2D eigenvalue weighted by Crippen LogP contribution is -2.43. The summed E-state index contributed by atoms with van der Waals surface area (Å²) in [5.74, 6) is -0.750. The van der Waals surface area contributed by atoms with Crippen LogP contribution < -0.4 is 0 Å². The second-order valence-electron chi connectivity index (χ2n) is 7.69. The van der Waals surface area contributed by atoms with E-state index in [9.17, 15) is 9.59 Å². The molecule has 0 saturated heterocycles. The van der Waals surface area contributed by atoms with Crippen LogP contribution in [0.15, 0.2) is 33.8 Å². The van der Waals surface area contributed by atoms with E-state index in [4.69, 9.17) is 9.73 Å². The minimum atomic E-state index is -0.335. The average molecular weight is 359 g/mol. The number of ketones is 1. The van der Waals surface area contributed by atoms with E-state index < -0.39 is 0 Å². The van der Waals surface area contributed by atoms with Gasteiger partial charge in [-0.3, -0.25) is 9.79 Å². The second-order valence-corrected chi connectivity index (χ2v) is 8.67. The fourth-order valence-corrected chi connectivity index (χ4v) is 4.78. The minimum absolute atomic E-state index is 0.0765. The first-order valence-electron chi connectivity index (χ1n) is 8.85. The topological polar surface area (TPSA) is 55.7 Å². The summed E-state index contributed by atoms with van der Waals surface area (Å²) >= 11 is 1.58. The summed E-state index contributed by atoms with van der Waals surface area (Å²) in [6.07, 6.45) is 2.08. The predicted octanol–water partition coefficient (Wildman–Crippen LogP) is 4.52. The molecule has 0 spiro atoms. The molecular weight excluding hydrogens is 334 g/mol. The molecule has 5 heteroatoms. The Morgan fingerprint density at radius 3 is 2.76 bits per heavy atom. The summed E-state index contributed by atoms with van der Waals surface area (Å²) in [7, 11) is 0. The quantitative estimate of drug-likeness (QED) is 0.743. The van der Waals surface area contributed by atoms with Crippen molar-refractivity contribution < 1.29 is 14.3 Å². The zero-order chi connectivity index (χ0) is 18.2. The summed E-state index contributed by atoms with van der Waals surface area (Å²) in [5, 5.41) is 1.99. The second kappa shape index (κ2) is 6.87. The lowest BCUT2D eigenvalue weighted by atomic mass is 9.64. The Labute approximate surface area is 153 Å². The van der Waals surface area contributed by atoms with E-state index in [1.807, 2.05) is 31.4 Å². The van der Waals surface area contributed by atoms with Crippen LogP contribution in [0.5, 0.6) is 0 Å². The van der Waals surface area contributed by atoms with Gasteiger partial charge in [0.25, 0.3) is 0 Å². The van der Waals surface area contributed by atoms with Gasteiger partial charge in [-0.1, -0.05) is 26.8 Å². The highest BCUT2D eigenvalue weighted by Gasteiger charge is 2.47. The van der Waals surface area contributed by atoms with Crippen LogP contribution in [0.25, 0.3) is 0 Å². The monoisotopic (exact) mass is 359 g/mol. The van der Waals surface area contributed by atoms with Gasteiger partial charge in [0, 0.05) is 28.6 Å². The lowest BCUT2D eigenvalue weighted by Gasteiger charge is -2.40. The molecule has 0 amide bonds. The number of carbonyl (C=O) groups excluding carboxylic acids is 2. The van der Waals surface area contributed by atoms with Crippen molar-refractivity contribution in [3.8, 4) is 0 Å². The molecule has 4 nitrogen and oxygen atoms in total. The van der Waals surface area contributed by atoms with E-state index in [1.165, 1.54) is 0 Å². The van der Waals surface area contributed by atoms with Crippen molar-refractivity contribution in [2.24, 2.45) is 16.3 Å². The third-order valence-electron chi connectivity index (χ3n) is 4.87. The standard InChI is InChI=1S/C20H25NO3S/c1-5-8-24-19(23)16-12(2)21-13-10-20(3,4)11-14(22)17(13)18(16)15-7-6-9-25-15/h6-7,9,17-18H,5,8,10-11H2,1-4H3/t17-,18-/m0/s1. The number of rotatable bonds is 4. The van der Waals surface area contributed by atoms with E-state index in [2.05, 4.69) is 13.8 Å². The van der Waals surface area contributed by atoms with Gasteiger partial charge in [-0.2, -0.15) is 0 Å². The Kier molecular flexibility index (Phi) is 4.96. The number of Topliss-reactive ketones (excluding diaryl/α,β-unsaturated/α-hetero) is 1. The van der Waals surface area contributed by atoms with Crippen LogP contribution in [0, 0.1) is 11.3 Å². The fourth-order valence-electron chi connectivity index (χ4n) is 3.91. The van der Waals surface area contributed by atoms with Gasteiger partial charge in [0.1, 0.15) is 5.78 Å². The van der Waals surface area contributed by atoms with Crippen molar-refractivity contribution in [2.75, 3.05) is 6.61 Å². The highest BCUT2D eigenvalue weighted by atomic mass is 32.1. The molecule has 1 aliphatic carbocycles. The number of carbonyl (C=O) groups is 2. The van der Waals surface area contributed by atoms with E-state index >= 15 is 0 Å². The van der Waals surface area contributed by atoms with Crippen LogP contribution in [0.2, 0.25) is 0 Å². The highest BCUT2D eigenvalue weighted by Crippen LogP contribution is 2.47. The summed E-state index contributed by atoms with van der Waals surface area (Å²) in [6, 6.07) is 3.97. The molecule has 2 heterocycles. The predicted molar refractivity (Wildman–Crippen MR) is 100.0 cm³/mol.